The predicted octanol–water partition coefficient (Wildman–Crippen LogP) is 2.59. The van der Waals surface area contributed by atoms with E-state index in [0.29, 0.717) is 0 Å². The Balaban J connectivity index is 2.74. The highest BCUT2D eigenvalue weighted by Crippen LogP contribution is 2.27. The number of thiazole rings is 1. The number of nitrogens with zero attached hydrogens (tertiary/aromatic N) is 1. The van der Waals surface area contributed by atoms with Crippen molar-refractivity contribution >= 4 is 34.9 Å². The van der Waals surface area contributed by atoms with Crippen LogP contribution in [0.25, 0.3) is 0 Å². The monoisotopic (exact) mass is 177 g/mol. The third-order valence-electron chi connectivity index (χ3n) is 0.839. The van der Waals surface area contributed by atoms with E-state index in [4.69, 9.17) is 0 Å². The zero-order valence-corrected chi connectivity index (χ0v) is 7.70. The number of hydrogen-bond acceptors (Lipinski definition) is 4. The summed E-state index contributed by atoms with van der Waals surface area (Å²) in [5.41, 5.74) is 0. The molecule has 0 bridgehead atoms. The first-order valence-corrected chi connectivity index (χ1v) is 5.67. The van der Waals surface area contributed by atoms with Crippen molar-refractivity contribution in [2.45, 2.75) is 8.55 Å². The lowest BCUT2D eigenvalue weighted by molar-refractivity contribution is 1.24. The van der Waals surface area contributed by atoms with Crippen LogP contribution in [0.2, 0.25) is 0 Å². The average molecular weight is 177 g/mol. The largest absolute Gasteiger partial charge is 0.237 e. The smallest absolute Gasteiger partial charge is 0.150 e. The van der Waals surface area contributed by atoms with Crippen LogP contribution in [0.1, 0.15) is 0 Å². The van der Waals surface area contributed by atoms with E-state index in [1.165, 1.54) is 4.21 Å². The van der Waals surface area contributed by atoms with Crippen LogP contribution in [-0.2, 0) is 0 Å². The molecule has 1 rings (SSSR count). The van der Waals surface area contributed by atoms with Crippen LogP contribution in [-0.4, -0.2) is 17.5 Å². The van der Waals surface area contributed by atoms with Gasteiger partial charge in [-0.15, -0.1) is 23.1 Å². The van der Waals surface area contributed by atoms with Crippen LogP contribution in [0, 0.1) is 0 Å². The van der Waals surface area contributed by atoms with Crippen LogP contribution in [0.15, 0.2) is 14.7 Å². The molecular formula is C5H7NS3. The van der Waals surface area contributed by atoms with Crippen molar-refractivity contribution < 1.29 is 0 Å². The quantitative estimate of drug-likeness (QED) is 0.644. The van der Waals surface area contributed by atoms with Gasteiger partial charge in [-0.25, -0.2) is 4.98 Å². The summed E-state index contributed by atoms with van der Waals surface area (Å²) in [6.07, 6.45) is 6.03. The molecule has 0 saturated heterocycles. The fourth-order valence-electron chi connectivity index (χ4n) is 0.433. The second-order valence-electron chi connectivity index (χ2n) is 1.35. The molecule has 0 amide bonds. The van der Waals surface area contributed by atoms with Crippen molar-refractivity contribution in [3.63, 3.8) is 0 Å². The van der Waals surface area contributed by atoms with Gasteiger partial charge in [-0.1, -0.05) is 11.8 Å². The molecular weight excluding hydrogens is 170 g/mol. The minimum Gasteiger partial charge on any atom is -0.237 e. The van der Waals surface area contributed by atoms with Crippen molar-refractivity contribution in [2.24, 2.45) is 0 Å². The van der Waals surface area contributed by atoms with Gasteiger partial charge in [0.05, 0.1) is 10.4 Å². The maximum absolute atomic E-state index is 4.17. The summed E-state index contributed by atoms with van der Waals surface area (Å²) in [5, 5.41) is 0. The van der Waals surface area contributed by atoms with Crippen LogP contribution in [0.5, 0.6) is 0 Å². The fourth-order valence-corrected chi connectivity index (χ4v) is 2.46. The van der Waals surface area contributed by atoms with Crippen molar-refractivity contribution in [1.29, 1.82) is 0 Å². The lowest BCUT2D eigenvalue weighted by atomic mass is 11.0. The molecule has 0 aromatic carbocycles. The summed E-state index contributed by atoms with van der Waals surface area (Å²) in [6, 6.07) is 0. The third-order valence-corrected chi connectivity index (χ3v) is 3.89. The van der Waals surface area contributed by atoms with Crippen LogP contribution >= 0.6 is 34.9 Å². The molecule has 0 fully saturated rings. The van der Waals surface area contributed by atoms with E-state index in [-0.39, 0.29) is 0 Å². The van der Waals surface area contributed by atoms with Crippen molar-refractivity contribution in [3.8, 4) is 0 Å². The number of aromatic nitrogens is 1. The Labute approximate surface area is 67.3 Å². The van der Waals surface area contributed by atoms with Crippen molar-refractivity contribution in [3.05, 3.63) is 6.20 Å². The van der Waals surface area contributed by atoms with E-state index in [1.807, 2.05) is 12.5 Å². The first kappa shape index (κ1) is 7.44. The van der Waals surface area contributed by atoms with E-state index in [9.17, 15) is 0 Å². The molecule has 1 aromatic rings. The molecule has 9 heavy (non-hydrogen) atoms. The maximum Gasteiger partial charge on any atom is 0.150 e. The molecule has 0 radical (unpaired) electrons. The van der Waals surface area contributed by atoms with E-state index in [2.05, 4.69) is 11.2 Å². The van der Waals surface area contributed by atoms with Gasteiger partial charge in [-0.05, 0) is 12.5 Å². The summed E-state index contributed by atoms with van der Waals surface area (Å²) >= 11 is 5.19. The fraction of sp³-hybridized carbons (Fsp3) is 0.400. The molecule has 0 atom stereocenters. The molecule has 0 saturated carbocycles. The second kappa shape index (κ2) is 3.49. The topological polar surface area (TPSA) is 12.9 Å². The average Bonchev–Trinajstić information content (AvgIpc) is 2.34. The van der Waals surface area contributed by atoms with Gasteiger partial charge in [0.1, 0.15) is 0 Å². The molecule has 1 nitrogen and oxygen atoms in total. The Kier molecular flexibility index (Phi) is 2.88. The first-order chi connectivity index (χ1) is 4.36. The van der Waals surface area contributed by atoms with E-state index in [1.54, 1.807) is 34.9 Å². The minimum atomic E-state index is 1.15. The number of rotatable bonds is 2. The Morgan fingerprint density at radius 3 is 2.56 bits per heavy atom. The summed E-state index contributed by atoms with van der Waals surface area (Å²) in [5.74, 6) is 0. The van der Waals surface area contributed by atoms with Gasteiger partial charge in [-0.2, -0.15) is 0 Å². The van der Waals surface area contributed by atoms with Gasteiger partial charge in [-0.3, -0.25) is 0 Å². The molecule has 1 aromatic heterocycles. The Morgan fingerprint density at radius 2 is 2.22 bits per heavy atom. The predicted molar refractivity (Wildman–Crippen MR) is 45.7 cm³/mol. The first-order valence-electron chi connectivity index (χ1n) is 2.40. The Morgan fingerprint density at radius 1 is 1.44 bits per heavy atom. The standard InChI is InChI=1S/C5H7NS3/c1-7-4-3-6-5(8-2)9-4/h3H,1-2H3. The zero-order chi connectivity index (χ0) is 6.69. The van der Waals surface area contributed by atoms with Crippen LogP contribution in [0.4, 0.5) is 0 Å². The molecule has 4 heteroatoms. The normalized spacial score (nSPS) is 10.0. The summed E-state index contributed by atoms with van der Waals surface area (Å²) in [6.45, 7) is 0. The van der Waals surface area contributed by atoms with Crippen LogP contribution in [0.3, 0.4) is 0 Å². The summed E-state index contributed by atoms with van der Waals surface area (Å²) in [4.78, 5) is 4.17. The van der Waals surface area contributed by atoms with Crippen LogP contribution < -0.4 is 0 Å². The van der Waals surface area contributed by atoms with Gasteiger partial charge in [0.2, 0.25) is 0 Å². The molecule has 1 heterocycles. The van der Waals surface area contributed by atoms with Gasteiger partial charge >= 0.3 is 0 Å². The molecule has 0 N–H and O–H groups in total. The molecule has 0 aliphatic heterocycles. The van der Waals surface area contributed by atoms with Gasteiger partial charge < -0.3 is 0 Å². The van der Waals surface area contributed by atoms with E-state index < -0.39 is 0 Å². The van der Waals surface area contributed by atoms with Gasteiger partial charge in [0.15, 0.2) is 4.34 Å². The molecule has 0 spiro atoms. The van der Waals surface area contributed by atoms with Gasteiger partial charge in [0.25, 0.3) is 0 Å². The third kappa shape index (κ3) is 1.88. The van der Waals surface area contributed by atoms with Gasteiger partial charge in [0, 0.05) is 0 Å². The SMILES string of the molecule is CSc1cnc(SC)s1. The Bertz CT molecular complexity index is 166. The van der Waals surface area contributed by atoms with Crippen molar-refractivity contribution in [2.75, 3.05) is 12.5 Å². The molecule has 0 aliphatic carbocycles. The maximum atomic E-state index is 4.17. The molecule has 50 valence electrons. The second-order valence-corrected chi connectivity index (χ2v) is 4.54. The Hall–Kier alpha value is 0.330. The summed E-state index contributed by atoms with van der Waals surface area (Å²) < 4.78 is 2.44. The highest BCUT2D eigenvalue weighted by molar-refractivity contribution is 8.02. The number of thioether (sulfide) groups is 2. The highest BCUT2D eigenvalue weighted by Gasteiger charge is 1.96. The van der Waals surface area contributed by atoms with E-state index in [0.717, 1.165) is 4.34 Å². The van der Waals surface area contributed by atoms with Crippen molar-refractivity contribution in [1.82, 2.24) is 4.98 Å². The van der Waals surface area contributed by atoms with E-state index >= 15 is 0 Å². The molecule has 0 aliphatic rings. The zero-order valence-electron chi connectivity index (χ0n) is 5.25. The number of hydrogen-bond donors (Lipinski definition) is 0. The highest BCUT2D eigenvalue weighted by atomic mass is 32.2. The minimum absolute atomic E-state index is 1.15. The lowest BCUT2D eigenvalue weighted by Crippen LogP contribution is -1.57. The lowest BCUT2D eigenvalue weighted by Gasteiger charge is -1.81. The molecule has 0 unspecified atom stereocenters. The summed E-state index contributed by atoms with van der Waals surface area (Å²) in [7, 11) is 0.